The molecule has 14 heteroatoms. The van der Waals surface area contributed by atoms with Gasteiger partial charge >= 0.3 is 6.01 Å². The van der Waals surface area contributed by atoms with Gasteiger partial charge in [0.05, 0.1) is 40.0 Å². The lowest BCUT2D eigenvalue weighted by Crippen LogP contribution is -2.43. The van der Waals surface area contributed by atoms with Crippen molar-refractivity contribution in [3.63, 3.8) is 0 Å². The largest absolute Gasteiger partial charge is 0.461 e. The molecule has 9 nitrogen and oxygen atoms in total. The predicted molar refractivity (Wildman–Crippen MR) is 163 cm³/mol. The highest BCUT2D eigenvalue weighted by atomic mass is 35.5. The van der Waals surface area contributed by atoms with E-state index in [-0.39, 0.29) is 91.8 Å². The normalized spacial score (nSPS) is 22.5. The number of anilines is 2. The lowest BCUT2D eigenvalue weighted by Gasteiger charge is -2.31. The maximum Gasteiger partial charge on any atom is 0.319 e. The molecule has 3 saturated heterocycles. The second kappa shape index (κ2) is 11.0. The fourth-order valence-corrected chi connectivity index (χ4v) is 7.96. The van der Waals surface area contributed by atoms with Crippen LogP contribution in [0.4, 0.5) is 29.7 Å². The lowest BCUT2D eigenvalue weighted by molar-refractivity contribution is -0.121. The molecule has 2 aromatic carbocycles. The minimum Gasteiger partial charge on any atom is -0.461 e. The number of alkyl halides is 1. The maximum atomic E-state index is 16.8. The predicted octanol–water partition coefficient (Wildman–Crippen LogP) is 5.94. The summed E-state index contributed by atoms with van der Waals surface area (Å²) in [7, 11) is 0. The Morgan fingerprint density at radius 1 is 1.30 bits per heavy atom. The van der Waals surface area contributed by atoms with Gasteiger partial charge in [-0.05, 0) is 37.1 Å². The Morgan fingerprint density at radius 3 is 2.95 bits per heavy atom. The topological polar surface area (TPSA) is 98.2 Å². The summed E-state index contributed by atoms with van der Waals surface area (Å²) < 4.78 is 57.6. The molecule has 2 atom stereocenters. The Balaban J connectivity index is 1.40. The third-order valence-corrected chi connectivity index (χ3v) is 10.00. The maximum absolute atomic E-state index is 16.8. The SMILES string of the molecule is [C-]#[N+]c1c(N)sc2c(F)ccc(-c3c(Cl)cc4c(N5CCOCC(=O)C5)nc(OC[C@@]56CCCN5C[C@H](F)C6)nc4c3F)c12. The summed E-state index contributed by atoms with van der Waals surface area (Å²) in [5, 5.41) is 0.470. The first kappa shape index (κ1) is 29.0. The van der Waals surface area contributed by atoms with Crippen LogP contribution < -0.4 is 15.4 Å². The number of halogens is 4. The number of hydrogen-bond donors (Lipinski definition) is 1. The van der Waals surface area contributed by atoms with Crippen molar-refractivity contribution in [3.05, 3.63) is 46.3 Å². The summed E-state index contributed by atoms with van der Waals surface area (Å²) in [6.45, 7) is 9.30. The van der Waals surface area contributed by atoms with E-state index < -0.39 is 23.3 Å². The monoisotopic (exact) mass is 642 g/mol. The number of aromatic nitrogens is 2. The molecular formula is C30H26ClF3N6O3S. The van der Waals surface area contributed by atoms with Crippen molar-refractivity contribution in [2.24, 2.45) is 0 Å². The van der Waals surface area contributed by atoms with Crippen LogP contribution in [-0.2, 0) is 9.53 Å². The van der Waals surface area contributed by atoms with Crippen LogP contribution in [0.5, 0.6) is 6.01 Å². The van der Waals surface area contributed by atoms with E-state index in [1.54, 1.807) is 4.90 Å². The molecule has 0 unspecified atom stereocenters. The fraction of sp³-hybridized carbons (Fsp3) is 0.400. The van der Waals surface area contributed by atoms with E-state index in [0.29, 0.717) is 19.5 Å². The number of rotatable bonds is 5. The second-order valence-electron chi connectivity index (χ2n) is 11.4. The number of benzene rings is 2. The number of hydrogen-bond acceptors (Lipinski definition) is 9. The molecule has 0 amide bonds. The zero-order valence-corrected chi connectivity index (χ0v) is 24.9. The average molecular weight is 643 g/mol. The molecule has 7 rings (SSSR count). The Morgan fingerprint density at radius 2 is 2.14 bits per heavy atom. The summed E-state index contributed by atoms with van der Waals surface area (Å²) in [5.41, 5.74) is 5.50. The number of nitrogen functional groups attached to an aromatic ring is 1. The van der Waals surface area contributed by atoms with Crippen LogP contribution in [0.3, 0.4) is 0 Å². The minimum absolute atomic E-state index is 0.00801. The number of ketones is 1. The molecule has 4 aromatic rings. The smallest absolute Gasteiger partial charge is 0.319 e. The Hall–Kier alpha value is -3.70. The van der Waals surface area contributed by atoms with Gasteiger partial charge in [0.1, 0.15) is 36.5 Å². The molecule has 3 aliphatic heterocycles. The number of nitrogens with two attached hydrogens (primary N) is 1. The van der Waals surface area contributed by atoms with E-state index in [4.69, 9.17) is 33.4 Å². The molecule has 228 valence electrons. The standard InChI is InChI=1S/C30H26ClF3N6O3S/c1-36-25-22-17(3-4-20(33)26(22)44-27(25)35)21-19(31)9-18-24(23(21)34)37-29(38-28(18)39-7-8-42-13-16(41)12-39)43-14-30-5-2-6-40(30)11-15(32)10-30/h3-4,9,15H,2,5-8,10-14,35H2/t15-,30+/m1/s1. The molecule has 0 bridgehead atoms. The number of Topliss-reactive ketones (excluding diaryl/α,β-unsaturated/α-hetero) is 1. The van der Waals surface area contributed by atoms with Crippen LogP contribution in [0.15, 0.2) is 18.2 Å². The zero-order valence-electron chi connectivity index (χ0n) is 23.3. The number of carbonyl (C=O) groups is 1. The van der Waals surface area contributed by atoms with Crippen molar-refractivity contribution in [3.8, 4) is 17.1 Å². The van der Waals surface area contributed by atoms with Crippen molar-refractivity contribution in [2.45, 2.75) is 31.0 Å². The molecule has 3 fully saturated rings. The van der Waals surface area contributed by atoms with E-state index in [1.807, 2.05) is 0 Å². The van der Waals surface area contributed by atoms with Crippen LogP contribution in [0.25, 0.3) is 37.0 Å². The van der Waals surface area contributed by atoms with Gasteiger partial charge in [-0.2, -0.15) is 9.97 Å². The van der Waals surface area contributed by atoms with Crippen molar-refractivity contribution in [1.29, 1.82) is 0 Å². The molecule has 5 heterocycles. The minimum atomic E-state index is -0.962. The first-order chi connectivity index (χ1) is 21.2. The second-order valence-corrected chi connectivity index (χ2v) is 12.8. The van der Waals surface area contributed by atoms with E-state index in [1.165, 1.54) is 18.2 Å². The summed E-state index contributed by atoms with van der Waals surface area (Å²) in [4.78, 5) is 28.8. The molecule has 0 saturated carbocycles. The van der Waals surface area contributed by atoms with Crippen molar-refractivity contribution >= 4 is 66.2 Å². The first-order valence-electron chi connectivity index (χ1n) is 14.1. The molecule has 2 N–H and O–H groups in total. The van der Waals surface area contributed by atoms with Gasteiger partial charge in [-0.15, -0.1) is 11.3 Å². The van der Waals surface area contributed by atoms with Gasteiger partial charge in [-0.3, -0.25) is 9.69 Å². The Labute approximate surface area is 259 Å². The highest BCUT2D eigenvalue weighted by molar-refractivity contribution is 7.23. The average Bonchev–Trinajstić information content (AvgIpc) is 3.57. The van der Waals surface area contributed by atoms with Gasteiger partial charge in [0.25, 0.3) is 0 Å². The summed E-state index contributed by atoms with van der Waals surface area (Å²) in [6.07, 6.45) is 1.04. The van der Waals surface area contributed by atoms with Gasteiger partial charge in [0.15, 0.2) is 11.6 Å². The number of carbonyl (C=O) groups excluding carboxylic acids is 1. The number of fused-ring (bicyclic) bond motifs is 3. The van der Waals surface area contributed by atoms with Crippen molar-refractivity contribution in [2.75, 3.05) is 56.6 Å². The number of ether oxygens (including phenoxy) is 2. The third kappa shape index (κ3) is 4.72. The van der Waals surface area contributed by atoms with Gasteiger partial charge in [0.2, 0.25) is 5.69 Å². The molecule has 3 aliphatic rings. The van der Waals surface area contributed by atoms with Crippen LogP contribution in [-0.4, -0.2) is 78.4 Å². The highest BCUT2D eigenvalue weighted by Crippen LogP contribution is 2.49. The molecule has 0 spiro atoms. The highest BCUT2D eigenvalue weighted by Gasteiger charge is 2.49. The van der Waals surface area contributed by atoms with Crippen LogP contribution in [0.2, 0.25) is 5.02 Å². The summed E-state index contributed by atoms with van der Waals surface area (Å²) in [5.74, 6) is -1.38. The molecule has 0 radical (unpaired) electrons. The van der Waals surface area contributed by atoms with Crippen LogP contribution in [0, 0.1) is 18.2 Å². The van der Waals surface area contributed by atoms with E-state index in [9.17, 15) is 13.6 Å². The third-order valence-electron chi connectivity index (χ3n) is 8.68. The molecule has 44 heavy (non-hydrogen) atoms. The van der Waals surface area contributed by atoms with Gasteiger partial charge in [0, 0.05) is 35.8 Å². The molecule has 2 aromatic heterocycles. The van der Waals surface area contributed by atoms with Crippen LogP contribution in [0.1, 0.15) is 19.3 Å². The van der Waals surface area contributed by atoms with Gasteiger partial charge < -0.3 is 20.1 Å². The Kier molecular flexibility index (Phi) is 7.28. The summed E-state index contributed by atoms with van der Waals surface area (Å²) >= 11 is 7.64. The Bertz CT molecular complexity index is 1880. The van der Waals surface area contributed by atoms with Crippen molar-refractivity contribution < 1.29 is 27.4 Å². The first-order valence-corrected chi connectivity index (χ1v) is 15.3. The zero-order chi connectivity index (χ0) is 30.7. The van der Waals surface area contributed by atoms with E-state index in [0.717, 1.165) is 30.7 Å². The van der Waals surface area contributed by atoms with E-state index in [2.05, 4.69) is 19.7 Å². The quantitative estimate of drug-likeness (QED) is 0.267. The lowest BCUT2D eigenvalue weighted by atomic mass is 9.95. The van der Waals surface area contributed by atoms with Gasteiger partial charge in [-0.1, -0.05) is 17.7 Å². The fourth-order valence-electron chi connectivity index (χ4n) is 6.73. The van der Waals surface area contributed by atoms with E-state index >= 15 is 4.39 Å². The van der Waals surface area contributed by atoms with Crippen molar-refractivity contribution in [1.82, 2.24) is 14.9 Å². The summed E-state index contributed by atoms with van der Waals surface area (Å²) in [6, 6.07) is 3.90. The molecular weight excluding hydrogens is 617 g/mol. The molecule has 0 aliphatic carbocycles. The van der Waals surface area contributed by atoms with Crippen LogP contribution >= 0.6 is 22.9 Å². The van der Waals surface area contributed by atoms with Gasteiger partial charge in [-0.25, -0.2) is 18.0 Å². The number of nitrogens with zero attached hydrogens (tertiary/aromatic N) is 5. The number of thiophene rings is 1.